The molecule has 0 amide bonds. The highest BCUT2D eigenvalue weighted by atomic mass is 19.4. The van der Waals surface area contributed by atoms with Gasteiger partial charge in [-0.1, -0.05) is 13.8 Å². The molecule has 18 heavy (non-hydrogen) atoms. The van der Waals surface area contributed by atoms with Crippen LogP contribution in [0.5, 0.6) is 0 Å². The summed E-state index contributed by atoms with van der Waals surface area (Å²) in [7, 11) is 0. The summed E-state index contributed by atoms with van der Waals surface area (Å²) < 4.78 is 36.7. The van der Waals surface area contributed by atoms with Gasteiger partial charge in [-0.25, -0.2) is 4.79 Å². The fourth-order valence-electron chi connectivity index (χ4n) is 1.23. The first kappa shape index (κ1) is 14.2. The Labute approximate surface area is 101 Å². The molecule has 0 aliphatic rings. The number of aliphatic carboxylic acids is 1. The Hall–Kier alpha value is -1.86. The molecule has 1 unspecified atom stereocenters. The van der Waals surface area contributed by atoms with Gasteiger partial charge in [-0.2, -0.15) is 13.2 Å². The molecule has 1 atom stereocenters. The molecule has 2 N–H and O–H groups in total. The Morgan fingerprint density at radius 3 is 2.28 bits per heavy atom. The molecule has 8 heteroatoms. The number of halogens is 3. The fraction of sp³-hybridized carbons (Fsp3) is 0.500. The number of hydrogen-bond acceptors (Lipinski definition) is 4. The second-order valence-electron chi connectivity index (χ2n) is 4.01. The van der Waals surface area contributed by atoms with Crippen LogP contribution in [-0.2, 0) is 11.0 Å². The van der Waals surface area contributed by atoms with Gasteiger partial charge in [0.25, 0.3) is 0 Å². The summed E-state index contributed by atoms with van der Waals surface area (Å²) >= 11 is 0. The molecule has 0 aliphatic heterocycles. The van der Waals surface area contributed by atoms with Crippen molar-refractivity contribution < 1.29 is 23.1 Å². The quantitative estimate of drug-likeness (QED) is 0.869. The van der Waals surface area contributed by atoms with Crippen molar-refractivity contribution in [1.82, 2.24) is 10.2 Å². The number of carboxylic acids is 1. The smallest absolute Gasteiger partial charge is 0.435 e. The van der Waals surface area contributed by atoms with Crippen molar-refractivity contribution in [3.8, 4) is 0 Å². The van der Waals surface area contributed by atoms with Crippen LogP contribution in [0.1, 0.15) is 19.5 Å². The van der Waals surface area contributed by atoms with Crippen molar-refractivity contribution in [2.75, 3.05) is 5.32 Å². The van der Waals surface area contributed by atoms with E-state index in [1.165, 1.54) is 0 Å². The molecule has 0 radical (unpaired) electrons. The maximum absolute atomic E-state index is 12.2. The highest BCUT2D eigenvalue weighted by Crippen LogP contribution is 2.27. The zero-order valence-electron chi connectivity index (χ0n) is 9.69. The maximum atomic E-state index is 12.2. The summed E-state index contributed by atoms with van der Waals surface area (Å²) in [5.74, 6) is -1.36. The summed E-state index contributed by atoms with van der Waals surface area (Å²) in [6.45, 7) is 3.34. The molecule has 0 aromatic carbocycles. The zero-order chi connectivity index (χ0) is 13.9. The Morgan fingerprint density at radius 1 is 1.33 bits per heavy atom. The minimum absolute atomic E-state index is 0.0101. The van der Waals surface area contributed by atoms with Crippen LogP contribution in [0.2, 0.25) is 0 Å². The van der Waals surface area contributed by atoms with Crippen molar-refractivity contribution in [1.29, 1.82) is 0 Å². The molecule has 1 aromatic heterocycles. The average Bonchev–Trinajstić information content (AvgIpc) is 2.24. The molecule has 1 rings (SSSR count). The average molecular weight is 263 g/mol. The van der Waals surface area contributed by atoms with Crippen molar-refractivity contribution in [2.45, 2.75) is 26.1 Å². The Bertz CT molecular complexity index is 417. The first-order valence-electron chi connectivity index (χ1n) is 5.12. The van der Waals surface area contributed by atoms with E-state index in [1.807, 2.05) is 0 Å². The predicted octanol–water partition coefficient (Wildman–Crippen LogP) is 2.02. The summed E-state index contributed by atoms with van der Waals surface area (Å²) in [5.41, 5.74) is -1.12. The number of hydrogen-bond donors (Lipinski definition) is 2. The van der Waals surface area contributed by atoms with E-state index >= 15 is 0 Å². The van der Waals surface area contributed by atoms with E-state index in [-0.39, 0.29) is 11.7 Å². The first-order chi connectivity index (χ1) is 8.21. The largest absolute Gasteiger partial charge is 0.480 e. The number of carbonyl (C=O) groups is 1. The summed E-state index contributed by atoms with van der Waals surface area (Å²) in [4.78, 5) is 10.9. The molecule has 0 bridgehead atoms. The van der Waals surface area contributed by atoms with Gasteiger partial charge in [0.2, 0.25) is 0 Å². The Kier molecular flexibility index (Phi) is 4.10. The van der Waals surface area contributed by atoms with E-state index in [9.17, 15) is 18.0 Å². The minimum Gasteiger partial charge on any atom is -0.480 e. The van der Waals surface area contributed by atoms with E-state index in [4.69, 9.17) is 5.11 Å². The third-order valence-electron chi connectivity index (χ3n) is 2.19. The second-order valence-corrected chi connectivity index (χ2v) is 4.01. The van der Waals surface area contributed by atoms with Gasteiger partial charge < -0.3 is 10.4 Å². The molecule has 5 nitrogen and oxygen atoms in total. The predicted molar refractivity (Wildman–Crippen MR) is 56.9 cm³/mol. The highest BCUT2D eigenvalue weighted by Gasteiger charge is 2.33. The van der Waals surface area contributed by atoms with Crippen LogP contribution < -0.4 is 5.32 Å². The first-order valence-corrected chi connectivity index (χ1v) is 5.12. The summed E-state index contributed by atoms with van der Waals surface area (Å²) in [6.07, 6.45) is -4.56. The van der Waals surface area contributed by atoms with Crippen LogP contribution in [0.15, 0.2) is 12.1 Å². The number of carboxylic acid groups (broad SMARTS) is 1. The number of rotatable bonds is 4. The van der Waals surface area contributed by atoms with Gasteiger partial charge in [0.05, 0.1) is 0 Å². The monoisotopic (exact) mass is 263 g/mol. The number of nitrogens with one attached hydrogen (secondary N) is 1. The lowest BCUT2D eigenvalue weighted by atomic mass is 10.1. The lowest BCUT2D eigenvalue weighted by Gasteiger charge is -2.18. The molecule has 1 heterocycles. The molecule has 0 saturated heterocycles. The number of aromatic nitrogens is 2. The van der Waals surface area contributed by atoms with E-state index in [0.717, 1.165) is 12.1 Å². The second kappa shape index (κ2) is 5.19. The van der Waals surface area contributed by atoms with Gasteiger partial charge in [-0.05, 0) is 18.1 Å². The van der Waals surface area contributed by atoms with Gasteiger partial charge in [-0.15, -0.1) is 10.2 Å². The topological polar surface area (TPSA) is 75.1 Å². The third kappa shape index (κ3) is 3.57. The SMILES string of the molecule is CC(C)C(Nc1ccc(C(F)(F)F)nn1)C(=O)O. The highest BCUT2D eigenvalue weighted by molar-refractivity contribution is 5.77. The fourth-order valence-corrected chi connectivity index (χ4v) is 1.23. The van der Waals surface area contributed by atoms with E-state index in [0.29, 0.717) is 0 Å². The van der Waals surface area contributed by atoms with Crippen LogP contribution >= 0.6 is 0 Å². The molecule has 100 valence electrons. The molecule has 0 spiro atoms. The maximum Gasteiger partial charge on any atom is 0.435 e. The molecule has 1 aromatic rings. The van der Waals surface area contributed by atoms with Gasteiger partial charge in [0.1, 0.15) is 11.9 Å². The summed E-state index contributed by atoms with van der Waals surface area (Å²) in [5, 5.41) is 17.7. The zero-order valence-corrected chi connectivity index (χ0v) is 9.69. The van der Waals surface area contributed by atoms with Crippen LogP contribution in [0.4, 0.5) is 19.0 Å². The third-order valence-corrected chi connectivity index (χ3v) is 2.19. The normalized spacial score (nSPS) is 13.4. The molecule has 0 fully saturated rings. The molecular weight excluding hydrogens is 251 g/mol. The minimum atomic E-state index is -4.56. The van der Waals surface area contributed by atoms with Crippen LogP contribution in [0.25, 0.3) is 0 Å². The van der Waals surface area contributed by atoms with Crippen LogP contribution in [0, 0.1) is 5.92 Å². The van der Waals surface area contributed by atoms with Gasteiger partial charge in [0.15, 0.2) is 5.69 Å². The lowest BCUT2D eigenvalue weighted by Crippen LogP contribution is -2.34. The lowest BCUT2D eigenvalue weighted by molar-refractivity contribution is -0.142. The Balaban J connectivity index is 2.83. The Morgan fingerprint density at radius 2 is 1.94 bits per heavy atom. The molecular formula is C10H12F3N3O2. The summed E-state index contributed by atoms with van der Waals surface area (Å²) in [6, 6.07) is 0.860. The van der Waals surface area contributed by atoms with E-state index < -0.39 is 23.9 Å². The number of alkyl halides is 3. The van der Waals surface area contributed by atoms with Gasteiger partial charge >= 0.3 is 12.1 Å². The van der Waals surface area contributed by atoms with Crippen LogP contribution in [-0.4, -0.2) is 27.3 Å². The standard InChI is InChI=1S/C10H12F3N3O2/c1-5(2)8(9(17)18)14-7-4-3-6(15-16-7)10(11,12)13/h3-5,8H,1-2H3,(H,14,16)(H,17,18). The van der Waals surface area contributed by atoms with E-state index in [2.05, 4.69) is 15.5 Å². The van der Waals surface area contributed by atoms with Crippen LogP contribution in [0.3, 0.4) is 0 Å². The molecule has 0 saturated carbocycles. The van der Waals surface area contributed by atoms with Crippen molar-refractivity contribution >= 4 is 11.8 Å². The van der Waals surface area contributed by atoms with Crippen molar-refractivity contribution in [3.63, 3.8) is 0 Å². The molecule has 0 aliphatic carbocycles. The van der Waals surface area contributed by atoms with Crippen molar-refractivity contribution in [2.24, 2.45) is 5.92 Å². The number of anilines is 1. The van der Waals surface area contributed by atoms with Gasteiger partial charge in [-0.3, -0.25) is 0 Å². The van der Waals surface area contributed by atoms with Crippen molar-refractivity contribution in [3.05, 3.63) is 17.8 Å². The van der Waals surface area contributed by atoms with Gasteiger partial charge in [0, 0.05) is 0 Å². The van der Waals surface area contributed by atoms with E-state index in [1.54, 1.807) is 13.8 Å². The number of nitrogens with zero attached hydrogens (tertiary/aromatic N) is 2.